The monoisotopic (exact) mass is 435 g/mol. The predicted octanol–water partition coefficient (Wildman–Crippen LogP) is 3.86. The molecule has 0 fully saturated rings. The van der Waals surface area contributed by atoms with E-state index in [1.165, 1.54) is 25.1 Å². The lowest BCUT2D eigenvalue weighted by molar-refractivity contribution is -0.141. The summed E-state index contributed by atoms with van der Waals surface area (Å²) in [6, 6.07) is 19.0. The normalized spacial score (nSPS) is 11.3. The molecule has 0 radical (unpaired) electrons. The van der Waals surface area contributed by atoms with Gasteiger partial charge in [-0.15, -0.1) is 0 Å². The average molecular weight is 435 g/mol. The zero-order valence-corrected chi connectivity index (χ0v) is 17.9. The zero-order chi connectivity index (χ0) is 22.9. The number of hydrogen-bond donors (Lipinski definition) is 1. The number of aromatic nitrogens is 1. The molecular weight excluding hydrogens is 410 g/mol. The number of hydrogen-bond acceptors (Lipinski definition) is 6. The second kappa shape index (κ2) is 10.8. The van der Waals surface area contributed by atoms with E-state index in [9.17, 15) is 9.59 Å². The lowest BCUT2D eigenvalue weighted by Gasteiger charge is -2.30. The lowest BCUT2D eigenvalue weighted by Crippen LogP contribution is -2.41. The quantitative estimate of drug-likeness (QED) is 0.512. The van der Waals surface area contributed by atoms with Gasteiger partial charge >= 0.3 is 12.0 Å². The molecule has 1 heterocycles. The van der Waals surface area contributed by atoms with Crippen molar-refractivity contribution in [3.8, 4) is 11.6 Å². The van der Waals surface area contributed by atoms with Crippen molar-refractivity contribution in [1.82, 2.24) is 4.98 Å². The number of anilines is 1. The summed E-state index contributed by atoms with van der Waals surface area (Å²) in [4.78, 5) is 29.6. The number of primary amides is 1. The molecule has 0 spiro atoms. The zero-order valence-electron chi connectivity index (χ0n) is 17.9. The summed E-state index contributed by atoms with van der Waals surface area (Å²) < 4.78 is 16.5. The standard InChI is InChI=1S/C24H25N3O5/c1-17(28)31-16-21(19-11-7-4-8-12-19)27(24(25)29)20-13-22(23(30-2)26-14-20)32-15-18-9-5-3-6-10-18/h3-14,21H,15-16H2,1-2H3,(H2,25,29)/t21-/m0/s1. The van der Waals surface area contributed by atoms with Gasteiger partial charge in [-0.05, 0) is 11.1 Å². The van der Waals surface area contributed by atoms with Crippen molar-refractivity contribution < 1.29 is 23.8 Å². The Labute approximate surface area is 186 Å². The Morgan fingerprint density at radius 3 is 2.31 bits per heavy atom. The van der Waals surface area contributed by atoms with Gasteiger partial charge in [0.15, 0.2) is 5.75 Å². The fourth-order valence-corrected chi connectivity index (χ4v) is 3.20. The molecule has 0 aliphatic carbocycles. The minimum atomic E-state index is -0.730. The van der Waals surface area contributed by atoms with Crippen molar-refractivity contribution in [3.05, 3.63) is 84.1 Å². The molecule has 0 bridgehead atoms. The van der Waals surface area contributed by atoms with E-state index in [2.05, 4.69) is 4.98 Å². The molecule has 1 aromatic heterocycles. The Hall–Kier alpha value is -4.07. The Morgan fingerprint density at radius 1 is 1.06 bits per heavy atom. The average Bonchev–Trinajstić information content (AvgIpc) is 2.81. The molecule has 2 aromatic carbocycles. The van der Waals surface area contributed by atoms with Crippen molar-refractivity contribution in [3.63, 3.8) is 0 Å². The van der Waals surface area contributed by atoms with Crippen LogP contribution in [0.25, 0.3) is 0 Å². The molecule has 1 atom stereocenters. The summed E-state index contributed by atoms with van der Waals surface area (Å²) in [7, 11) is 1.48. The fraction of sp³-hybridized carbons (Fsp3) is 0.208. The van der Waals surface area contributed by atoms with Crippen molar-refractivity contribution in [1.29, 1.82) is 0 Å². The topological polar surface area (TPSA) is 104 Å². The van der Waals surface area contributed by atoms with E-state index < -0.39 is 18.0 Å². The van der Waals surface area contributed by atoms with Gasteiger partial charge in [0, 0.05) is 13.0 Å². The molecule has 0 unspecified atom stereocenters. The molecule has 2 amide bonds. The van der Waals surface area contributed by atoms with E-state index in [0.29, 0.717) is 11.4 Å². The minimum Gasteiger partial charge on any atom is -0.483 e. The summed E-state index contributed by atoms with van der Waals surface area (Å²) in [6.45, 7) is 1.52. The van der Waals surface area contributed by atoms with Gasteiger partial charge in [-0.3, -0.25) is 9.69 Å². The number of nitrogens with two attached hydrogens (primary N) is 1. The Morgan fingerprint density at radius 2 is 1.72 bits per heavy atom. The number of methoxy groups -OCH3 is 1. The van der Waals surface area contributed by atoms with Crippen LogP contribution in [0.4, 0.5) is 10.5 Å². The number of nitrogens with zero attached hydrogens (tertiary/aromatic N) is 2. The highest BCUT2D eigenvalue weighted by atomic mass is 16.5. The highest BCUT2D eigenvalue weighted by molar-refractivity contribution is 5.91. The third-order valence-corrected chi connectivity index (χ3v) is 4.69. The number of carbonyl (C=O) groups is 2. The van der Waals surface area contributed by atoms with Crippen molar-refractivity contribution >= 4 is 17.7 Å². The summed E-state index contributed by atoms with van der Waals surface area (Å²) in [6.07, 6.45) is 1.46. The third-order valence-electron chi connectivity index (χ3n) is 4.69. The fourth-order valence-electron chi connectivity index (χ4n) is 3.20. The van der Waals surface area contributed by atoms with Crippen LogP contribution in [0.2, 0.25) is 0 Å². The maximum atomic E-state index is 12.5. The Kier molecular flexibility index (Phi) is 7.64. The van der Waals surface area contributed by atoms with E-state index in [1.807, 2.05) is 60.7 Å². The number of esters is 1. The van der Waals surface area contributed by atoms with Crippen molar-refractivity contribution in [2.45, 2.75) is 19.6 Å². The Balaban J connectivity index is 1.96. The molecule has 0 saturated carbocycles. The van der Waals surface area contributed by atoms with Gasteiger partial charge in [0.25, 0.3) is 5.88 Å². The van der Waals surface area contributed by atoms with E-state index in [1.54, 1.807) is 6.07 Å². The number of carbonyl (C=O) groups excluding carboxylic acids is 2. The molecule has 32 heavy (non-hydrogen) atoms. The van der Waals surface area contributed by atoms with Crippen LogP contribution in [-0.2, 0) is 16.1 Å². The van der Waals surface area contributed by atoms with E-state index >= 15 is 0 Å². The van der Waals surface area contributed by atoms with Crippen LogP contribution in [0.5, 0.6) is 11.6 Å². The summed E-state index contributed by atoms with van der Waals surface area (Å²) in [5, 5.41) is 0. The van der Waals surface area contributed by atoms with Gasteiger partial charge in [-0.25, -0.2) is 9.78 Å². The third kappa shape index (κ3) is 5.75. The number of amides is 2. The number of urea groups is 1. The first-order valence-corrected chi connectivity index (χ1v) is 9.97. The maximum Gasteiger partial charge on any atom is 0.320 e. The van der Waals surface area contributed by atoms with E-state index in [4.69, 9.17) is 19.9 Å². The SMILES string of the molecule is COc1ncc(N(C(N)=O)[C@@H](COC(C)=O)c2ccccc2)cc1OCc1ccccc1. The highest BCUT2D eigenvalue weighted by Gasteiger charge is 2.28. The van der Waals surface area contributed by atoms with Crippen LogP contribution in [0.15, 0.2) is 72.9 Å². The van der Waals surface area contributed by atoms with Gasteiger partial charge in [0.1, 0.15) is 13.2 Å². The van der Waals surface area contributed by atoms with Gasteiger partial charge in [-0.1, -0.05) is 60.7 Å². The molecule has 0 saturated heterocycles. The van der Waals surface area contributed by atoms with Gasteiger partial charge < -0.3 is 19.9 Å². The van der Waals surface area contributed by atoms with Crippen LogP contribution in [0.3, 0.4) is 0 Å². The van der Waals surface area contributed by atoms with Crippen molar-refractivity contribution in [2.24, 2.45) is 5.73 Å². The molecule has 3 rings (SSSR count). The van der Waals surface area contributed by atoms with Gasteiger partial charge in [0.05, 0.1) is 25.0 Å². The first-order valence-electron chi connectivity index (χ1n) is 9.97. The Bertz CT molecular complexity index is 1040. The molecule has 0 aliphatic heterocycles. The predicted molar refractivity (Wildman–Crippen MR) is 119 cm³/mol. The first kappa shape index (κ1) is 22.6. The summed E-state index contributed by atoms with van der Waals surface area (Å²) >= 11 is 0. The molecular formula is C24H25N3O5. The smallest absolute Gasteiger partial charge is 0.320 e. The molecule has 2 N–H and O–H groups in total. The largest absolute Gasteiger partial charge is 0.483 e. The number of ether oxygens (including phenoxy) is 3. The molecule has 0 aliphatic rings. The van der Waals surface area contributed by atoms with E-state index in [-0.39, 0.29) is 19.1 Å². The van der Waals surface area contributed by atoms with Crippen LogP contribution in [0, 0.1) is 0 Å². The van der Waals surface area contributed by atoms with Crippen molar-refractivity contribution in [2.75, 3.05) is 18.6 Å². The molecule has 8 nitrogen and oxygen atoms in total. The first-order chi connectivity index (χ1) is 15.5. The summed E-state index contributed by atoms with van der Waals surface area (Å²) in [5.41, 5.74) is 7.83. The van der Waals surface area contributed by atoms with Gasteiger partial charge in [-0.2, -0.15) is 0 Å². The van der Waals surface area contributed by atoms with Crippen LogP contribution in [-0.4, -0.2) is 30.7 Å². The van der Waals surface area contributed by atoms with Crippen LogP contribution in [0.1, 0.15) is 24.1 Å². The minimum absolute atomic E-state index is 0.0749. The van der Waals surface area contributed by atoms with E-state index in [0.717, 1.165) is 11.1 Å². The van der Waals surface area contributed by atoms with Crippen LogP contribution >= 0.6 is 0 Å². The highest BCUT2D eigenvalue weighted by Crippen LogP contribution is 2.34. The van der Waals surface area contributed by atoms with Crippen LogP contribution < -0.4 is 20.1 Å². The summed E-state index contributed by atoms with van der Waals surface area (Å²) in [5.74, 6) is 0.153. The lowest BCUT2D eigenvalue weighted by atomic mass is 10.1. The number of benzene rings is 2. The van der Waals surface area contributed by atoms with Gasteiger partial charge in [0.2, 0.25) is 0 Å². The number of pyridine rings is 1. The second-order valence-corrected chi connectivity index (χ2v) is 6.91. The maximum absolute atomic E-state index is 12.5. The molecule has 166 valence electrons. The molecule has 3 aromatic rings. The molecule has 8 heteroatoms. The second-order valence-electron chi connectivity index (χ2n) is 6.91. The number of rotatable bonds is 9.